The molecule has 1 amide bonds. The number of nitrogens with zero attached hydrogens (tertiary/aromatic N) is 2. The summed E-state index contributed by atoms with van der Waals surface area (Å²) in [4.78, 5) is 11.3. The van der Waals surface area contributed by atoms with E-state index >= 15 is 0 Å². The number of nitrogens with one attached hydrogen (secondary N) is 1. The second-order valence-electron chi connectivity index (χ2n) is 4.83. The van der Waals surface area contributed by atoms with Crippen molar-refractivity contribution in [3.05, 3.63) is 17.8 Å². The smallest absolute Gasteiger partial charge is 0.271 e. The molecule has 6 heteroatoms. The van der Waals surface area contributed by atoms with E-state index in [0.29, 0.717) is 24.3 Å². The van der Waals surface area contributed by atoms with E-state index in [-0.39, 0.29) is 11.6 Å². The van der Waals surface area contributed by atoms with Crippen LogP contribution in [0.5, 0.6) is 5.88 Å². The van der Waals surface area contributed by atoms with Gasteiger partial charge < -0.3 is 15.8 Å². The van der Waals surface area contributed by atoms with E-state index in [1.807, 2.05) is 0 Å². The predicted molar refractivity (Wildman–Crippen MR) is 70.8 cm³/mol. The molecule has 1 aromatic heterocycles. The molecule has 19 heavy (non-hydrogen) atoms. The van der Waals surface area contributed by atoms with E-state index in [2.05, 4.69) is 15.5 Å². The topological polar surface area (TPSA) is 90.1 Å². The summed E-state index contributed by atoms with van der Waals surface area (Å²) in [5, 5.41) is 10.2. The second-order valence-corrected chi connectivity index (χ2v) is 4.83. The summed E-state index contributed by atoms with van der Waals surface area (Å²) in [6.07, 6.45) is 3.56. The number of nitrogens with two attached hydrogens (primary N) is 1. The van der Waals surface area contributed by atoms with Crippen molar-refractivity contribution in [1.29, 1.82) is 0 Å². The van der Waals surface area contributed by atoms with Gasteiger partial charge in [-0.1, -0.05) is 6.42 Å². The Labute approximate surface area is 112 Å². The maximum atomic E-state index is 11.3. The van der Waals surface area contributed by atoms with Gasteiger partial charge in [0.2, 0.25) is 5.88 Å². The molecule has 0 bridgehead atoms. The average Bonchev–Trinajstić information content (AvgIpc) is 2.92. The summed E-state index contributed by atoms with van der Waals surface area (Å²) < 4.78 is 5.63. The van der Waals surface area contributed by atoms with Crippen LogP contribution in [0.2, 0.25) is 0 Å². The summed E-state index contributed by atoms with van der Waals surface area (Å²) >= 11 is 0. The van der Waals surface area contributed by atoms with Crippen LogP contribution in [0.15, 0.2) is 12.1 Å². The lowest BCUT2D eigenvalue weighted by molar-refractivity contribution is 0.0956. The third-order valence-electron chi connectivity index (χ3n) is 3.66. The fourth-order valence-electron chi connectivity index (χ4n) is 2.48. The average molecular weight is 264 g/mol. The van der Waals surface area contributed by atoms with Crippen LogP contribution in [0, 0.1) is 11.8 Å². The first-order chi connectivity index (χ1) is 9.24. The molecule has 1 aliphatic carbocycles. The van der Waals surface area contributed by atoms with Gasteiger partial charge >= 0.3 is 0 Å². The lowest BCUT2D eigenvalue weighted by Gasteiger charge is -2.17. The van der Waals surface area contributed by atoms with Gasteiger partial charge in [-0.05, 0) is 37.3 Å². The number of hydrogen-bond donors (Lipinski definition) is 2. The minimum Gasteiger partial charge on any atom is -0.476 e. The molecular weight excluding hydrogens is 244 g/mol. The van der Waals surface area contributed by atoms with Crippen LogP contribution in [-0.4, -0.2) is 36.3 Å². The fourth-order valence-corrected chi connectivity index (χ4v) is 2.48. The van der Waals surface area contributed by atoms with Crippen molar-refractivity contribution < 1.29 is 9.53 Å². The zero-order valence-electron chi connectivity index (χ0n) is 11.1. The summed E-state index contributed by atoms with van der Waals surface area (Å²) in [6.45, 7) is 1.34. The van der Waals surface area contributed by atoms with Gasteiger partial charge in [-0.25, -0.2) is 0 Å². The minimum absolute atomic E-state index is 0.252. The van der Waals surface area contributed by atoms with E-state index in [1.54, 1.807) is 19.2 Å². The van der Waals surface area contributed by atoms with Gasteiger partial charge in [0, 0.05) is 13.1 Å². The highest BCUT2D eigenvalue weighted by Crippen LogP contribution is 2.31. The minimum atomic E-state index is -0.252. The Bertz CT molecular complexity index is 421. The molecule has 0 aromatic carbocycles. The van der Waals surface area contributed by atoms with Crippen molar-refractivity contribution in [2.75, 3.05) is 20.2 Å². The summed E-state index contributed by atoms with van der Waals surface area (Å²) in [6, 6.07) is 3.28. The quantitative estimate of drug-likeness (QED) is 0.812. The van der Waals surface area contributed by atoms with Gasteiger partial charge in [0.1, 0.15) is 0 Å². The summed E-state index contributed by atoms with van der Waals surface area (Å²) in [5.41, 5.74) is 6.02. The van der Waals surface area contributed by atoms with Gasteiger partial charge in [0.05, 0.1) is 6.61 Å². The molecule has 1 saturated carbocycles. The first-order valence-corrected chi connectivity index (χ1v) is 6.63. The molecule has 3 N–H and O–H groups in total. The normalized spacial score (nSPS) is 22.2. The Kier molecular flexibility index (Phi) is 4.68. The molecule has 0 spiro atoms. The van der Waals surface area contributed by atoms with Crippen LogP contribution in [0.4, 0.5) is 0 Å². The van der Waals surface area contributed by atoms with Crippen LogP contribution < -0.4 is 15.8 Å². The van der Waals surface area contributed by atoms with E-state index in [1.165, 1.54) is 12.8 Å². The molecule has 0 saturated heterocycles. The molecule has 1 fully saturated rings. The SMILES string of the molecule is CNC(=O)c1ccc(OCC2CCCC2CN)nn1. The molecule has 1 heterocycles. The van der Waals surface area contributed by atoms with Crippen molar-refractivity contribution in [1.82, 2.24) is 15.5 Å². The maximum absolute atomic E-state index is 11.3. The van der Waals surface area contributed by atoms with E-state index in [4.69, 9.17) is 10.5 Å². The monoisotopic (exact) mass is 264 g/mol. The van der Waals surface area contributed by atoms with Crippen LogP contribution in [0.1, 0.15) is 29.8 Å². The molecular formula is C13H20N4O2. The Hall–Kier alpha value is -1.69. The summed E-state index contributed by atoms with van der Waals surface area (Å²) in [7, 11) is 1.56. The maximum Gasteiger partial charge on any atom is 0.271 e. The van der Waals surface area contributed by atoms with Crippen LogP contribution in [0.25, 0.3) is 0 Å². The Morgan fingerprint density at radius 3 is 2.84 bits per heavy atom. The first kappa shape index (κ1) is 13.7. The van der Waals surface area contributed by atoms with Gasteiger partial charge in [0.15, 0.2) is 5.69 Å². The highest BCUT2D eigenvalue weighted by atomic mass is 16.5. The number of hydrogen-bond acceptors (Lipinski definition) is 5. The molecule has 104 valence electrons. The third kappa shape index (κ3) is 3.41. The van der Waals surface area contributed by atoms with Gasteiger partial charge in [-0.15, -0.1) is 10.2 Å². The lowest BCUT2D eigenvalue weighted by atomic mass is 9.97. The van der Waals surface area contributed by atoms with E-state index in [9.17, 15) is 4.79 Å². The zero-order valence-corrected chi connectivity index (χ0v) is 11.1. The zero-order chi connectivity index (χ0) is 13.7. The summed E-state index contributed by atoms with van der Waals surface area (Å²) in [5.74, 6) is 1.26. The Balaban J connectivity index is 1.88. The largest absolute Gasteiger partial charge is 0.476 e. The van der Waals surface area contributed by atoms with Crippen LogP contribution in [-0.2, 0) is 0 Å². The lowest BCUT2D eigenvalue weighted by Crippen LogP contribution is -2.24. The van der Waals surface area contributed by atoms with Gasteiger partial charge in [0.25, 0.3) is 5.91 Å². The van der Waals surface area contributed by atoms with Crippen LogP contribution >= 0.6 is 0 Å². The number of ether oxygens (including phenoxy) is 1. The highest BCUT2D eigenvalue weighted by molar-refractivity contribution is 5.91. The van der Waals surface area contributed by atoms with Crippen LogP contribution in [0.3, 0.4) is 0 Å². The van der Waals surface area contributed by atoms with E-state index in [0.717, 1.165) is 13.0 Å². The third-order valence-corrected chi connectivity index (χ3v) is 3.66. The Morgan fingerprint density at radius 2 is 2.21 bits per heavy atom. The number of rotatable bonds is 5. The first-order valence-electron chi connectivity index (χ1n) is 6.63. The molecule has 6 nitrogen and oxygen atoms in total. The number of amides is 1. The molecule has 2 rings (SSSR count). The van der Waals surface area contributed by atoms with Gasteiger partial charge in [-0.2, -0.15) is 0 Å². The van der Waals surface area contributed by atoms with E-state index < -0.39 is 0 Å². The Morgan fingerprint density at radius 1 is 1.42 bits per heavy atom. The molecule has 0 aliphatic heterocycles. The molecule has 1 aromatic rings. The molecule has 0 radical (unpaired) electrons. The number of aromatic nitrogens is 2. The predicted octanol–water partition coefficient (Wildman–Crippen LogP) is 0.590. The van der Waals surface area contributed by atoms with Crippen molar-refractivity contribution in [3.63, 3.8) is 0 Å². The highest BCUT2D eigenvalue weighted by Gasteiger charge is 2.26. The molecule has 2 atom stereocenters. The second kappa shape index (κ2) is 6.47. The molecule has 2 unspecified atom stereocenters. The van der Waals surface area contributed by atoms with Crippen molar-refractivity contribution in [3.8, 4) is 5.88 Å². The van der Waals surface area contributed by atoms with Crippen molar-refractivity contribution >= 4 is 5.91 Å². The van der Waals surface area contributed by atoms with Gasteiger partial charge in [-0.3, -0.25) is 4.79 Å². The number of carbonyl (C=O) groups excluding carboxylic acids is 1. The molecule has 1 aliphatic rings. The van der Waals surface area contributed by atoms with Crippen molar-refractivity contribution in [2.24, 2.45) is 17.6 Å². The standard InChI is InChI=1S/C13H20N4O2/c1-15-13(18)11-5-6-12(17-16-11)19-8-10-4-2-3-9(10)7-14/h5-6,9-10H,2-4,7-8,14H2,1H3,(H,15,18). The number of carbonyl (C=O) groups is 1. The fraction of sp³-hybridized carbons (Fsp3) is 0.615. The van der Waals surface area contributed by atoms with Crippen molar-refractivity contribution in [2.45, 2.75) is 19.3 Å².